The summed E-state index contributed by atoms with van der Waals surface area (Å²) in [5.74, 6) is -0.477. The number of ether oxygens (including phenoxy) is 1. The van der Waals surface area contributed by atoms with Crippen LogP contribution in [0.5, 0.6) is 5.75 Å². The number of carbonyl (C=O) groups is 1. The van der Waals surface area contributed by atoms with E-state index in [9.17, 15) is 20.1 Å². The molecule has 0 spiro atoms. The number of aryl methyl sites for hydroxylation is 2. The van der Waals surface area contributed by atoms with Gasteiger partial charge in [0.25, 0.3) is 8.32 Å². The van der Waals surface area contributed by atoms with Crippen LogP contribution in [-0.2, 0) is 14.0 Å². The van der Waals surface area contributed by atoms with Gasteiger partial charge in [-0.15, -0.1) is 5.73 Å². The molecule has 7 heteroatoms. The molecule has 0 aromatic heterocycles. The Morgan fingerprint density at radius 2 is 1.48 bits per heavy atom. The van der Waals surface area contributed by atoms with E-state index in [0.29, 0.717) is 22.3 Å². The molecule has 0 heterocycles. The molecular formula is C35H44O6Si. The third-order valence-electron chi connectivity index (χ3n) is 7.42. The number of hydrogen-bond donors (Lipinski definition) is 3. The highest BCUT2D eigenvalue weighted by molar-refractivity contribution is 6.99. The van der Waals surface area contributed by atoms with E-state index in [4.69, 9.17) is 9.16 Å². The second-order valence-electron chi connectivity index (χ2n) is 11.6. The fraction of sp³-hybridized carbons (Fsp3) is 0.371. The molecule has 0 unspecified atom stereocenters. The number of phenols is 1. The first-order valence-electron chi connectivity index (χ1n) is 14.4. The summed E-state index contributed by atoms with van der Waals surface area (Å²) in [6, 6.07) is 24.0. The maximum Gasteiger partial charge on any atom is 0.335 e. The molecule has 42 heavy (non-hydrogen) atoms. The predicted molar refractivity (Wildman–Crippen MR) is 170 cm³/mol. The fourth-order valence-corrected chi connectivity index (χ4v) is 9.85. The van der Waals surface area contributed by atoms with E-state index < -0.39 is 26.5 Å². The minimum absolute atomic E-state index is 0.0128. The van der Waals surface area contributed by atoms with Crippen molar-refractivity contribution in [2.45, 2.75) is 71.6 Å². The number of carbonyl (C=O) groups excluding carboxylic acids is 1. The minimum Gasteiger partial charge on any atom is -0.507 e. The van der Waals surface area contributed by atoms with Crippen LogP contribution in [0.1, 0.15) is 63.3 Å². The van der Waals surface area contributed by atoms with Gasteiger partial charge in [0.05, 0.1) is 19.3 Å². The van der Waals surface area contributed by atoms with Crippen LogP contribution in [0.3, 0.4) is 0 Å². The van der Waals surface area contributed by atoms with Gasteiger partial charge in [-0.1, -0.05) is 81.4 Å². The Kier molecular flexibility index (Phi) is 11.5. The Hall–Kier alpha value is -3.45. The van der Waals surface area contributed by atoms with Crippen molar-refractivity contribution in [2.75, 3.05) is 13.2 Å². The lowest BCUT2D eigenvalue weighted by atomic mass is 10.00. The zero-order chi connectivity index (χ0) is 30.9. The van der Waals surface area contributed by atoms with E-state index >= 15 is 0 Å². The van der Waals surface area contributed by atoms with Crippen molar-refractivity contribution in [3.05, 3.63) is 107 Å². The van der Waals surface area contributed by atoms with Gasteiger partial charge in [0.1, 0.15) is 5.75 Å². The first kappa shape index (κ1) is 33.1. The number of rotatable bonds is 12. The van der Waals surface area contributed by atoms with Crippen LogP contribution in [-0.4, -0.2) is 48.9 Å². The summed E-state index contributed by atoms with van der Waals surface area (Å²) < 4.78 is 12.1. The standard InChI is InChI=1S/C35H44O6Si/c1-7-40-34(39)32(37)23-27(15-14-20-31(36)28-21-25(2)33(38)26(3)22-28)24-41-42(35(4,5)6,29-16-10-8-11-17-29)30-18-12-9-13-19-30/h8-14,16-19,21-22,31-32,36-38H,7,20,23-24H2,1-6H3/t15?,31-,32-/m1/s1. The first-order valence-corrected chi connectivity index (χ1v) is 16.3. The average molecular weight is 589 g/mol. The molecule has 0 aliphatic rings. The molecule has 0 aliphatic carbocycles. The molecule has 0 fully saturated rings. The molecular weight excluding hydrogens is 544 g/mol. The Morgan fingerprint density at radius 3 is 1.95 bits per heavy atom. The molecule has 3 aromatic rings. The van der Waals surface area contributed by atoms with Crippen LogP contribution in [0.2, 0.25) is 5.04 Å². The minimum atomic E-state index is -2.88. The molecule has 0 saturated heterocycles. The van der Waals surface area contributed by atoms with Crippen molar-refractivity contribution in [3.8, 4) is 5.75 Å². The third-order valence-corrected chi connectivity index (χ3v) is 12.4. The number of hydrogen-bond acceptors (Lipinski definition) is 6. The van der Waals surface area contributed by atoms with Crippen molar-refractivity contribution in [1.29, 1.82) is 0 Å². The third kappa shape index (κ3) is 7.88. The second kappa shape index (κ2) is 14.6. The molecule has 3 aromatic carbocycles. The number of aliphatic hydroxyl groups is 2. The number of benzene rings is 3. The van der Waals surface area contributed by atoms with Crippen molar-refractivity contribution >= 4 is 24.7 Å². The zero-order valence-electron chi connectivity index (χ0n) is 25.6. The van der Waals surface area contributed by atoms with Crippen LogP contribution in [0.25, 0.3) is 0 Å². The molecule has 6 nitrogen and oxygen atoms in total. The van der Waals surface area contributed by atoms with Gasteiger partial charge in [-0.05, 0) is 76.7 Å². The van der Waals surface area contributed by atoms with E-state index in [-0.39, 0.29) is 36.8 Å². The van der Waals surface area contributed by atoms with Gasteiger partial charge in [-0.3, -0.25) is 0 Å². The summed E-state index contributed by atoms with van der Waals surface area (Å²) in [5.41, 5.74) is 5.90. The highest BCUT2D eigenvalue weighted by atomic mass is 28.4. The summed E-state index contributed by atoms with van der Waals surface area (Å²) >= 11 is 0. The maximum absolute atomic E-state index is 12.3. The topological polar surface area (TPSA) is 96.2 Å². The summed E-state index contributed by atoms with van der Waals surface area (Å²) in [6.07, 6.45) is -0.229. The van der Waals surface area contributed by atoms with Gasteiger partial charge in [0.15, 0.2) is 6.10 Å². The Morgan fingerprint density at radius 1 is 0.952 bits per heavy atom. The van der Waals surface area contributed by atoms with Crippen LogP contribution >= 0.6 is 0 Å². The SMILES string of the molecule is CCOC(=O)[C@H](O)CC(=C=CC[C@@H](O)c1cc(C)c(O)c(C)c1)CO[Si](c1ccccc1)(c1ccccc1)C(C)(C)C. The van der Waals surface area contributed by atoms with Gasteiger partial charge >= 0.3 is 5.97 Å². The van der Waals surface area contributed by atoms with E-state index in [1.54, 1.807) is 39.0 Å². The molecule has 224 valence electrons. The molecule has 0 amide bonds. The number of phenolic OH excluding ortho intramolecular Hbond substituents is 1. The highest BCUT2D eigenvalue weighted by Gasteiger charge is 2.50. The lowest BCUT2D eigenvalue weighted by Crippen LogP contribution is -2.66. The number of esters is 1. The van der Waals surface area contributed by atoms with Gasteiger partial charge in [0.2, 0.25) is 0 Å². The summed E-state index contributed by atoms with van der Waals surface area (Å²) in [6.45, 7) is 12.1. The summed E-state index contributed by atoms with van der Waals surface area (Å²) in [5, 5.41) is 33.6. The van der Waals surface area contributed by atoms with Gasteiger partial charge in [-0.25, -0.2) is 4.79 Å². The summed E-state index contributed by atoms with van der Waals surface area (Å²) in [7, 11) is -2.88. The normalized spacial score (nSPS) is 13.1. The predicted octanol–water partition coefficient (Wildman–Crippen LogP) is 5.40. The lowest BCUT2D eigenvalue weighted by molar-refractivity contribution is -0.152. The molecule has 2 atom stereocenters. The van der Waals surface area contributed by atoms with Crippen LogP contribution in [0.15, 0.2) is 90.2 Å². The monoisotopic (exact) mass is 588 g/mol. The Balaban J connectivity index is 2.01. The highest BCUT2D eigenvalue weighted by Crippen LogP contribution is 2.37. The first-order chi connectivity index (χ1) is 19.9. The Labute approximate surface area is 251 Å². The molecule has 0 bridgehead atoms. The van der Waals surface area contributed by atoms with Crippen LogP contribution < -0.4 is 10.4 Å². The second-order valence-corrected chi connectivity index (χ2v) is 15.9. The fourth-order valence-electron chi connectivity index (χ4n) is 5.30. The molecule has 3 N–H and O–H groups in total. The van der Waals surface area contributed by atoms with Gasteiger partial charge in [-0.2, -0.15) is 0 Å². The van der Waals surface area contributed by atoms with Crippen molar-refractivity contribution in [2.24, 2.45) is 0 Å². The average Bonchev–Trinajstić information content (AvgIpc) is 2.96. The van der Waals surface area contributed by atoms with E-state index in [1.165, 1.54) is 0 Å². The smallest absolute Gasteiger partial charge is 0.335 e. The van der Waals surface area contributed by atoms with Crippen molar-refractivity contribution < 1.29 is 29.3 Å². The molecule has 3 rings (SSSR count). The van der Waals surface area contributed by atoms with E-state index in [1.807, 2.05) is 36.4 Å². The number of aliphatic hydroxyl groups excluding tert-OH is 2. The lowest BCUT2D eigenvalue weighted by Gasteiger charge is -2.43. The van der Waals surface area contributed by atoms with Crippen LogP contribution in [0, 0.1) is 13.8 Å². The maximum atomic E-state index is 12.3. The molecule has 0 saturated carbocycles. The van der Waals surface area contributed by atoms with Gasteiger partial charge in [0, 0.05) is 12.8 Å². The van der Waals surface area contributed by atoms with Crippen molar-refractivity contribution in [3.63, 3.8) is 0 Å². The van der Waals surface area contributed by atoms with Crippen molar-refractivity contribution in [1.82, 2.24) is 0 Å². The number of aromatic hydroxyl groups is 1. The largest absolute Gasteiger partial charge is 0.507 e. The van der Waals surface area contributed by atoms with E-state index in [2.05, 4.69) is 50.8 Å². The molecule has 0 radical (unpaired) electrons. The Bertz CT molecular complexity index is 1330. The zero-order valence-corrected chi connectivity index (χ0v) is 26.6. The van der Waals surface area contributed by atoms with Gasteiger partial charge < -0.3 is 24.5 Å². The van der Waals surface area contributed by atoms with E-state index in [0.717, 1.165) is 10.4 Å². The summed E-state index contributed by atoms with van der Waals surface area (Å²) in [4.78, 5) is 12.3. The quantitative estimate of drug-likeness (QED) is 0.149. The molecule has 0 aliphatic heterocycles. The van der Waals surface area contributed by atoms with Crippen LogP contribution in [0.4, 0.5) is 0 Å².